The maximum Gasteiger partial charge on any atom is 0.125 e. The molecule has 0 saturated carbocycles. The zero-order valence-corrected chi connectivity index (χ0v) is 15.5. The molecular weight excluding hydrogens is 317 g/mol. The number of aromatic nitrogens is 2. The van der Waals surface area contributed by atoms with Crippen molar-refractivity contribution in [1.82, 2.24) is 15.1 Å². The van der Waals surface area contributed by atoms with Crippen molar-refractivity contribution in [2.24, 2.45) is 10.8 Å². The van der Waals surface area contributed by atoms with Crippen LogP contribution in [0, 0.1) is 16.6 Å². The average Bonchev–Trinajstić information content (AvgIpc) is 2.95. The van der Waals surface area contributed by atoms with Crippen LogP contribution >= 0.6 is 0 Å². The highest BCUT2D eigenvalue weighted by molar-refractivity contribution is 5.38. The van der Waals surface area contributed by atoms with E-state index in [1.807, 2.05) is 30.8 Å². The summed E-state index contributed by atoms with van der Waals surface area (Å²) in [5.41, 5.74) is 3.03. The molecule has 2 aromatic rings. The van der Waals surface area contributed by atoms with Crippen LogP contribution in [0.5, 0.6) is 0 Å². The Morgan fingerprint density at radius 1 is 1.40 bits per heavy atom. The monoisotopic (exact) mass is 345 g/mol. The molecule has 1 aliphatic rings. The lowest BCUT2D eigenvalue weighted by atomic mass is 9.74. The summed E-state index contributed by atoms with van der Waals surface area (Å²) in [5.74, 6) is -0.254. The fourth-order valence-corrected chi connectivity index (χ4v) is 3.51. The van der Waals surface area contributed by atoms with Gasteiger partial charge in [-0.05, 0) is 36.5 Å². The van der Waals surface area contributed by atoms with Crippen LogP contribution in [-0.4, -0.2) is 28.0 Å². The van der Waals surface area contributed by atoms with Gasteiger partial charge in [-0.1, -0.05) is 33.8 Å². The van der Waals surface area contributed by atoms with Crippen LogP contribution in [0.3, 0.4) is 0 Å². The van der Waals surface area contributed by atoms with Gasteiger partial charge in [0.1, 0.15) is 5.82 Å². The molecule has 1 atom stereocenters. The number of nitrogens with zero attached hydrogens (tertiary/aromatic N) is 2. The van der Waals surface area contributed by atoms with Gasteiger partial charge in [0.15, 0.2) is 0 Å². The van der Waals surface area contributed by atoms with Crippen molar-refractivity contribution in [1.29, 1.82) is 0 Å². The molecule has 1 aromatic carbocycles. The van der Waals surface area contributed by atoms with E-state index in [1.54, 1.807) is 6.07 Å². The third-order valence-electron chi connectivity index (χ3n) is 4.99. The predicted molar refractivity (Wildman–Crippen MR) is 97.2 cm³/mol. The van der Waals surface area contributed by atoms with Gasteiger partial charge in [0.2, 0.25) is 0 Å². The normalized spacial score (nSPS) is 19.7. The van der Waals surface area contributed by atoms with Gasteiger partial charge in [-0.3, -0.25) is 0 Å². The smallest absolute Gasteiger partial charge is 0.125 e. The molecule has 0 aliphatic heterocycles. The molecule has 4 nitrogen and oxygen atoms in total. The molecule has 0 spiro atoms. The Kier molecular flexibility index (Phi) is 4.73. The molecule has 2 N–H and O–H groups in total. The number of rotatable bonds is 5. The summed E-state index contributed by atoms with van der Waals surface area (Å²) in [6.07, 6.45) is 3.82. The molecule has 5 heteroatoms. The Morgan fingerprint density at radius 3 is 2.84 bits per heavy atom. The van der Waals surface area contributed by atoms with E-state index in [2.05, 4.69) is 24.3 Å². The number of hydrogen-bond donors (Lipinski definition) is 2. The number of aliphatic hydroxyl groups is 1. The molecule has 0 amide bonds. The SMILES string of the molecule is CC(C)(CO)CN[C@@H]1CC(C)(C)Cc2c1cnn2-c1cccc(F)c1. The van der Waals surface area contributed by atoms with Gasteiger partial charge in [-0.15, -0.1) is 0 Å². The van der Waals surface area contributed by atoms with Gasteiger partial charge in [0.25, 0.3) is 0 Å². The Hall–Kier alpha value is -1.72. The lowest BCUT2D eigenvalue weighted by Crippen LogP contribution is -2.39. The lowest BCUT2D eigenvalue weighted by molar-refractivity contribution is 0.146. The minimum atomic E-state index is -0.254. The highest BCUT2D eigenvalue weighted by atomic mass is 19.1. The van der Waals surface area contributed by atoms with Crippen LogP contribution < -0.4 is 5.32 Å². The van der Waals surface area contributed by atoms with Crippen LogP contribution in [0.25, 0.3) is 5.69 Å². The fraction of sp³-hybridized carbons (Fsp3) is 0.550. The minimum Gasteiger partial charge on any atom is -0.396 e. The van der Waals surface area contributed by atoms with E-state index in [4.69, 9.17) is 0 Å². The summed E-state index contributed by atoms with van der Waals surface area (Å²) in [4.78, 5) is 0. The molecule has 0 radical (unpaired) electrons. The largest absolute Gasteiger partial charge is 0.396 e. The van der Waals surface area contributed by atoms with Gasteiger partial charge in [0.05, 0.1) is 11.9 Å². The van der Waals surface area contributed by atoms with E-state index < -0.39 is 0 Å². The first kappa shape index (κ1) is 18.1. The minimum absolute atomic E-state index is 0.124. The molecule has 0 saturated heterocycles. The van der Waals surface area contributed by atoms with E-state index in [9.17, 15) is 9.50 Å². The number of halogens is 1. The maximum atomic E-state index is 13.6. The van der Waals surface area contributed by atoms with E-state index in [0.717, 1.165) is 30.8 Å². The first-order valence-electron chi connectivity index (χ1n) is 8.88. The van der Waals surface area contributed by atoms with Gasteiger partial charge in [-0.25, -0.2) is 9.07 Å². The van der Waals surface area contributed by atoms with Crippen molar-refractivity contribution >= 4 is 0 Å². The molecule has 25 heavy (non-hydrogen) atoms. The van der Waals surface area contributed by atoms with Gasteiger partial charge in [-0.2, -0.15) is 5.10 Å². The van der Waals surface area contributed by atoms with Gasteiger partial charge in [0, 0.05) is 35.9 Å². The summed E-state index contributed by atoms with van der Waals surface area (Å²) in [7, 11) is 0. The number of nitrogens with one attached hydrogen (secondary N) is 1. The molecule has 0 unspecified atom stereocenters. The van der Waals surface area contributed by atoms with Crippen LogP contribution in [-0.2, 0) is 6.42 Å². The van der Waals surface area contributed by atoms with Crippen molar-refractivity contribution in [3.05, 3.63) is 47.5 Å². The van der Waals surface area contributed by atoms with Crippen LogP contribution in [0.15, 0.2) is 30.5 Å². The fourth-order valence-electron chi connectivity index (χ4n) is 3.51. The first-order chi connectivity index (χ1) is 11.7. The van der Waals surface area contributed by atoms with E-state index >= 15 is 0 Å². The maximum absolute atomic E-state index is 13.6. The third kappa shape index (κ3) is 3.93. The molecule has 0 bridgehead atoms. The van der Waals surface area contributed by atoms with Crippen molar-refractivity contribution in [3.63, 3.8) is 0 Å². The van der Waals surface area contributed by atoms with Gasteiger partial charge < -0.3 is 10.4 Å². The number of hydrogen-bond acceptors (Lipinski definition) is 3. The highest BCUT2D eigenvalue weighted by Gasteiger charge is 2.35. The average molecular weight is 345 g/mol. The second kappa shape index (κ2) is 6.54. The molecule has 3 rings (SSSR count). The van der Waals surface area contributed by atoms with Crippen molar-refractivity contribution < 1.29 is 9.50 Å². The molecule has 1 aromatic heterocycles. The Morgan fingerprint density at radius 2 is 2.16 bits per heavy atom. The van der Waals surface area contributed by atoms with Crippen LogP contribution in [0.4, 0.5) is 4.39 Å². The molecule has 1 aliphatic carbocycles. The summed E-state index contributed by atoms with van der Waals surface area (Å²) in [6.45, 7) is 9.48. The third-order valence-corrected chi connectivity index (χ3v) is 4.99. The summed E-state index contributed by atoms with van der Waals surface area (Å²) in [6, 6.07) is 6.75. The summed E-state index contributed by atoms with van der Waals surface area (Å²) in [5, 5.41) is 17.7. The molecule has 136 valence electrons. The molecular formula is C20H28FN3O. The highest BCUT2D eigenvalue weighted by Crippen LogP contribution is 2.41. The topological polar surface area (TPSA) is 50.1 Å². The zero-order chi connectivity index (χ0) is 18.2. The van der Waals surface area contributed by atoms with E-state index in [-0.39, 0.29) is 29.3 Å². The Bertz CT molecular complexity index is 751. The first-order valence-corrected chi connectivity index (χ1v) is 8.88. The quantitative estimate of drug-likeness (QED) is 0.870. The Labute approximate surface area is 149 Å². The van der Waals surface area contributed by atoms with Crippen LogP contribution in [0.1, 0.15) is 51.4 Å². The molecule has 0 fully saturated rings. The van der Waals surface area contributed by atoms with Crippen LogP contribution in [0.2, 0.25) is 0 Å². The van der Waals surface area contributed by atoms with Gasteiger partial charge >= 0.3 is 0 Å². The number of fused-ring (bicyclic) bond motifs is 1. The number of aliphatic hydroxyl groups excluding tert-OH is 1. The second-order valence-electron chi connectivity index (χ2n) is 8.74. The Balaban J connectivity index is 1.94. The van der Waals surface area contributed by atoms with E-state index in [1.165, 1.54) is 17.7 Å². The predicted octanol–water partition coefficient (Wildman–Crippen LogP) is 3.63. The van der Waals surface area contributed by atoms with Crippen molar-refractivity contribution in [3.8, 4) is 5.69 Å². The van der Waals surface area contributed by atoms with Crippen molar-refractivity contribution in [2.75, 3.05) is 13.2 Å². The molecule has 1 heterocycles. The second-order valence-corrected chi connectivity index (χ2v) is 8.74. The summed E-state index contributed by atoms with van der Waals surface area (Å²) >= 11 is 0. The van der Waals surface area contributed by atoms with E-state index in [0.29, 0.717) is 0 Å². The zero-order valence-electron chi connectivity index (χ0n) is 15.5. The lowest BCUT2D eigenvalue weighted by Gasteiger charge is -2.37. The van der Waals surface area contributed by atoms with Crippen molar-refractivity contribution in [2.45, 2.75) is 46.6 Å². The summed E-state index contributed by atoms with van der Waals surface area (Å²) < 4.78 is 15.5. The standard InChI is InChI=1S/C20H28FN3O/c1-19(2)9-17(22-12-20(3,4)13-25)16-11-23-24(18(16)10-19)15-7-5-6-14(21)8-15/h5-8,11,17,22,25H,9-10,12-13H2,1-4H3/t17-/m1/s1. The number of benzene rings is 1.